The highest BCUT2D eigenvalue weighted by Gasteiger charge is 2.51. The largest absolute Gasteiger partial charge is 0.494 e. The molecule has 4 heteroatoms. The topological polar surface area (TPSA) is 21.7 Å². The van der Waals surface area contributed by atoms with Crippen LogP contribution in [0.15, 0.2) is 24.3 Å². The molecule has 0 atom stereocenters. The molecule has 2 aliphatic heterocycles. The summed E-state index contributed by atoms with van der Waals surface area (Å²) >= 11 is 0. The van der Waals surface area contributed by atoms with E-state index in [2.05, 4.69) is 56.9 Å². The van der Waals surface area contributed by atoms with Gasteiger partial charge in [-0.3, -0.25) is 0 Å². The molecule has 0 radical (unpaired) electrons. The van der Waals surface area contributed by atoms with Crippen LogP contribution in [0.25, 0.3) is 0 Å². The van der Waals surface area contributed by atoms with Gasteiger partial charge in [-0.1, -0.05) is 12.1 Å². The van der Waals surface area contributed by atoms with Gasteiger partial charge in [-0.05, 0) is 64.6 Å². The molecule has 0 bridgehead atoms. The molecule has 0 spiro atoms. The van der Waals surface area contributed by atoms with Crippen LogP contribution in [0.4, 0.5) is 5.69 Å². The van der Waals surface area contributed by atoms with Gasteiger partial charge in [0.2, 0.25) is 0 Å². The maximum Gasteiger partial charge on any atom is 0.494 e. The SMILES string of the molecule is CC1(C)OB(c2cccc(N3CCCCC3)c2)OC1(C)C. The highest BCUT2D eigenvalue weighted by molar-refractivity contribution is 6.62. The Labute approximate surface area is 128 Å². The molecule has 2 heterocycles. The molecule has 0 amide bonds. The Morgan fingerprint density at radius 3 is 2.19 bits per heavy atom. The van der Waals surface area contributed by atoms with Crippen LogP contribution in [0.5, 0.6) is 0 Å². The first-order valence-corrected chi connectivity index (χ1v) is 8.10. The number of hydrogen-bond donors (Lipinski definition) is 0. The average molecular weight is 287 g/mol. The third-order valence-corrected chi connectivity index (χ3v) is 5.12. The van der Waals surface area contributed by atoms with Crippen molar-refractivity contribution in [1.82, 2.24) is 0 Å². The van der Waals surface area contributed by atoms with Crippen molar-refractivity contribution < 1.29 is 9.31 Å². The predicted molar refractivity (Wildman–Crippen MR) is 88.2 cm³/mol. The molecular weight excluding hydrogens is 261 g/mol. The van der Waals surface area contributed by atoms with E-state index >= 15 is 0 Å². The first kappa shape index (κ1) is 14.9. The molecule has 2 fully saturated rings. The number of anilines is 1. The van der Waals surface area contributed by atoms with Crippen LogP contribution < -0.4 is 10.4 Å². The molecule has 0 unspecified atom stereocenters. The molecule has 0 saturated carbocycles. The van der Waals surface area contributed by atoms with E-state index in [4.69, 9.17) is 9.31 Å². The summed E-state index contributed by atoms with van der Waals surface area (Å²) in [7, 11) is -0.264. The summed E-state index contributed by atoms with van der Waals surface area (Å²) in [5.74, 6) is 0. The smallest absolute Gasteiger partial charge is 0.399 e. The van der Waals surface area contributed by atoms with Gasteiger partial charge in [0.05, 0.1) is 11.2 Å². The third-order valence-electron chi connectivity index (χ3n) is 5.12. The zero-order valence-electron chi connectivity index (χ0n) is 13.7. The number of rotatable bonds is 2. The van der Waals surface area contributed by atoms with Crippen molar-refractivity contribution in [2.24, 2.45) is 0 Å². The van der Waals surface area contributed by atoms with Crippen LogP contribution in [0.3, 0.4) is 0 Å². The summed E-state index contributed by atoms with van der Waals surface area (Å²) in [5.41, 5.74) is 1.86. The van der Waals surface area contributed by atoms with Crippen molar-refractivity contribution >= 4 is 18.3 Å². The molecule has 0 aromatic heterocycles. The van der Waals surface area contributed by atoms with Gasteiger partial charge in [-0.2, -0.15) is 0 Å². The van der Waals surface area contributed by atoms with Crippen molar-refractivity contribution in [2.75, 3.05) is 18.0 Å². The number of piperidine rings is 1. The van der Waals surface area contributed by atoms with Gasteiger partial charge in [-0.25, -0.2) is 0 Å². The van der Waals surface area contributed by atoms with Crippen molar-refractivity contribution in [3.8, 4) is 0 Å². The van der Waals surface area contributed by atoms with Crippen molar-refractivity contribution in [3.05, 3.63) is 24.3 Å². The lowest BCUT2D eigenvalue weighted by Gasteiger charge is -2.32. The Kier molecular flexibility index (Phi) is 3.79. The molecule has 114 valence electrons. The second kappa shape index (κ2) is 5.33. The standard InChI is InChI=1S/C17H26BNO2/c1-16(2)17(3,4)21-18(20-16)14-9-8-10-15(13-14)19-11-6-5-7-12-19/h8-10,13H,5-7,11-12H2,1-4H3. The summed E-state index contributed by atoms with van der Waals surface area (Å²) in [6.45, 7) is 10.7. The lowest BCUT2D eigenvalue weighted by atomic mass is 9.79. The lowest BCUT2D eigenvalue weighted by Crippen LogP contribution is -2.41. The fourth-order valence-corrected chi connectivity index (χ4v) is 3.00. The van der Waals surface area contributed by atoms with E-state index in [1.807, 2.05) is 0 Å². The minimum atomic E-state index is -0.279. The fraction of sp³-hybridized carbons (Fsp3) is 0.647. The van der Waals surface area contributed by atoms with E-state index in [0.29, 0.717) is 0 Å². The maximum absolute atomic E-state index is 6.15. The molecule has 0 N–H and O–H groups in total. The summed E-state index contributed by atoms with van der Waals surface area (Å²) in [6, 6.07) is 8.65. The van der Waals surface area contributed by atoms with Crippen molar-refractivity contribution in [2.45, 2.75) is 58.2 Å². The van der Waals surface area contributed by atoms with Gasteiger partial charge < -0.3 is 14.2 Å². The van der Waals surface area contributed by atoms with Gasteiger partial charge >= 0.3 is 7.12 Å². The van der Waals surface area contributed by atoms with Crippen molar-refractivity contribution in [1.29, 1.82) is 0 Å². The highest BCUT2D eigenvalue weighted by atomic mass is 16.7. The Morgan fingerprint density at radius 1 is 0.952 bits per heavy atom. The van der Waals surface area contributed by atoms with Gasteiger partial charge in [-0.15, -0.1) is 0 Å². The van der Waals surface area contributed by atoms with Crippen LogP contribution in [0.1, 0.15) is 47.0 Å². The van der Waals surface area contributed by atoms with Gasteiger partial charge in [0.15, 0.2) is 0 Å². The van der Waals surface area contributed by atoms with Crippen LogP contribution in [0.2, 0.25) is 0 Å². The highest BCUT2D eigenvalue weighted by Crippen LogP contribution is 2.36. The monoisotopic (exact) mass is 287 g/mol. The fourth-order valence-electron chi connectivity index (χ4n) is 3.00. The molecule has 1 aromatic carbocycles. The number of nitrogens with zero attached hydrogens (tertiary/aromatic N) is 1. The summed E-state index contributed by atoms with van der Waals surface area (Å²) in [5, 5.41) is 0. The normalized spacial score (nSPS) is 24.4. The zero-order chi connectivity index (χ0) is 15.1. The zero-order valence-corrected chi connectivity index (χ0v) is 13.7. The van der Waals surface area contributed by atoms with Crippen LogP contribution in [-0.4, -0.2) is 31.4 Å². The molecule has 2 saturated heterocycles. The van der Waals surface area contributed by atoms with E-state index in [1.54, 1.807) is 0 Å². The summed E-state index contributed by atoms with van der Waals surface area (Å²) < 4.78 is 12.3. The predicted octanol–water partition coefficient (Wildman–Crippen LogP) is 2.98. The quantitative estimate of drug-likeness (QED) is 0.781. The average Bonchev–Trinajstić information content (AvgIpc) is 2.69. The molecule has 0 aliphatic carbocycles. The minimum absolute atomic E-state index is 0.264. The molecule has 3 nitrogen and oxygen atoms in total. The Balaban J connectivity index is 1.81. The summed E-state index contributed by atoms with van der Waals surface area (Å²) in [4.78, 5) is 2.47. The first-order valence-electron chi connectivity index (χ1n) is 8.10. The molecule has 2 aliphatic rings. The number of benzene rings is 1. The van der Waals surface area contributed by atoms with Crippen molar-refractivity contribution in [3.63, 3.8) is 0 Å². The molecule has 1 aromatic rings. The minimum Gasteiger partial charge on any atom is -0.399 e. The second-order valence-corrected chi connectivity index (χ2v) is 7.23. The molecule has 21 heavy (non-hydrogen) atoms. The molecule has 3 rings (SSSR count). The summed E-state index contributed by atoms with van der Waals surface area (Å²) in [6.07, 6.45) is 3.94. The lowest BCUT2D eigenvalue weighted by molar-refractivity contribution is 0.00578. The van der Waals surface area contributed by atoms with E-state index in [9.17, 15) is 0 Å². The maximum atomic E-state index is 6.15. The Bertz CT molecular complexity index is 493. The van der Waals surface area contributed by atoms with Gasteiger partial charge in [0, 0.05) is 18.8 Å². The Morgan fingerprint density at radius 2 is 1.57 bits per heavy atom. The van der Waals surface area contributed by atoms with E-state index in [0.717, 1.165) is 18.6 Å². The van der Waals surface area contributed by atoms with Gasteiger partial charge in [0.25, 0.3) is 0 Å². The van der Waals surface area contributed by atoms with E-state index in [1.165, 1.54) is 24.9 Å². The second-order valence-electron chi connectivity index (χ2n) is 7.23. The van der Waals surface area contributed by atoms with Gasteiger partial charge in [0.1, 0.15) is 0 Å². The third kappa shape index (κ3) is 2.84. The van der Waals surface area contributed by atoms with Crippen LogP contribution >= 0.6 is 0 Å². The van der Waals surface area contributed by atoms with Crippen LogP contribution in [0, 0.1) is 0 Å². The Hall–Kier alpha value is -0.995. The number of hydrogen-bond acceptors (Lipinski definition) is 3. The van der Waals surface area contributed by atoms with Crippen LogP contribution in [-0.2, 0) is 9.31 Å². The first-order chi connectivity index (χ1) is 9.89. The molecular formula is C17H26BNO2. The van der Waals surface area contributed by atoms with E-state index < -0.39 is 0 Å². The van der Waals surface area contributed by atoms with E-state index in [-0.39, 0.29) is 18.3 Å².